The number of rotatable bonds is 17. The van der Waals surface area contributed by atoms with Crippen LogP contribution in [-0.2, 0) is 25.2 Å². The summed E-state index contributed by atoms with van der Waals surface area (Å²) in [5, 5.41) is 0.170. The van der Waals surface area contributed by atoms with Crippen LogP contribution in [0.4, 0.5) is 0 Å². The van der Waals surface area contributed by atoms with E-state index in [-0.39, 0.29) is 30.1 Å². The number of methoxy groups -OCH3 is 1. The highest BCUT2D eigenvalue weighted by Gasteiger charge is 2.40. The maximum atomic E-state index is 6.89. The molecule has 0 unspecified atom stereocenters. The third-order valence-corrected chi connectivity index (χ3v) is 10.9. The van der Waals surface area contributed by atoms with Crippen molar-refractivity contribution in [3.63, 3.8) is 0 Å². The molecule has 0 fully saturated rings. The molecule has 0 saturated heterocycles. The van der Waals surface area contributed by atoms with E-state index in [1.54, 1.807) is 7.11 Å². The molecule has 0 bridgehead atoms. The second-order valence-electron chi connectivity index (χ2n) is 10.2. The Labute approximate surface area is 198 Å². The van der Waals surface area contributed by atoms with Crippen LogP contribution in [0.5, 0.6) is 0 Å². The van der Waals surface area contributed by atoms with Crippen LogP contribution < -0.4 is 0 Å². The zero-order valence-corrected chi connectivity index (χ0v) is 22.7. The fraction of sp³-hybridized carbons (Fsp3) is 0.704. The molecule has 5 heteroatoms. The van der Waals surface area contributed by atoms with E-state index in [4.69, 9.17) is 18.6 Å². The summed E-state index contributed by atoms with van der Waals surface area (Å²) in [6, 6.07) is 10.3. The first-order chi connectivity index (χ1) is 15.1. The molecule has 0 heterocycles. The van der Waals surface area contributed by atoms with E-state index in [1.165, 1.54) is 19.3 Å². The van der Waals surface area contributed by atoms with Gasteiger partial charge >= 0.3 is 0 Å². The molecule has 184 valence electrons. The van der Waals surface area contributed by atoms with Crippen molar-refractivity contribution in [2.24, 2.45) is 0 Å². The first-order valence-corrected chi connectivity index (χ1v) is 15.1. The monoisotopic (exact) mass is 464 g/mol. The molecule has 0 N–H and O–H groups in total. The fourth-order valence-electron chi connectivity index (χ4n) is 3.45. The third kappa shape index (κ3) is 10.8. The highest BCUT2D eigenvalue weighted by molar-refractivity contribution is 6.74. The summed E-state index contributed by atoms with van der Waals surface area (Å²) < 4.78 is 24.7. The normalized spacial score (nSPS) is 15.3. The van der Waals surface area contributed by atoms with Gasteiger partial charge in [-0.25, -0.2) is 0 Å². The van der Waals surface area contributed by atoms with Crippen molar-refractivity contribution in [1.82, 2.24) is 0 Å². The summed E-state index contributed by atoms with van der Waals surface area (Å²) in [6.07, 6.45) is 8.02. The van der Waals surface area contributed by atoms with Gasteiger partial charge in [-0.1, -0.05) is 83.4 Å². The van der Waals surface area contributed by atoms with Crippen LogP contribution in [0, 0.1) is 0 Å². The summed E-state index contributed by atoms with van der Waals surface area (Å²) in [6.45, 7) is 18.5. The number of hydrogen-bond donors (Lipinski definition) is 0. The molecule has 4 nitrogen and oxygen atoms in total. The molecule has 3 atom stereocenters. The van der Waals surface area contributed by atoms with E-state index in [0.29, 0.717) is 6.61 Å². The van der Waals surface area contributed by atoms with Gasteiger partial charge in [-0.15, -0.1) is 6.58 Å². The van der Waals surface area contributed by atoms with Gasteiger partial charge in [0.1, 0.15) is 6.79 Å². The van der Waals surface area contributed by atoms with Crippen LogP contribution in [0.2, 0.25) is 18.1 Å². The summed E-state index contributed by atoms with van der Waals surface area (Å²) >= 11 is 0. The Morgan fingerprint density at radius 3 is 2.28 bits per heavy atom. The van der Waals surface area contributed by atoms with Crippen molar-refractivity contribution < 1.29 is 18.6 Å². The van der Waals surface area contributed by atoms with E-state index in [0.717, 1.165) is 24.8 Å². The van der Waals surface area contributed by atoms with Crippen molar-refractivity contribution in [2.45, 2.75) is 109 Å². The predicted molar refractivity (Wildman–Crippen MR) is 137 cm³/mol. The average Bonchev–Trinajstić information content (AvgIpc) is 2.74. The molecule has 1 rings (SSSR count). The zero-order chi connectivity index (χ0) is 24.0. The number of unbranched alkanes of at least 4 members (excludes halogenated alkanes) is 2. The zero-order valence-electron chi connectivity index (χ0n) is 21.7. The van der Waals surface area contributed by atoms with Crippen LogP contribution in [0.1, 0.15) is 71.8 Å². The Morgan fingerprint density at radius 1 is 1.03 bits per heavy atom. The van der Waals surface area contributed by atoms with Gasteiger partial charge in [-0.05, 0) is 36.5 Å². The molecule has 0 spiro atoms. The molecule has 0 radical (unpaired) electrons. The topological polar surface area (TPSA) is 36.9 Å². The van der Waals surface area contributed by atoms with E-state index in [2.05, 4.69) is 59.5 Å². The first-order valence-electron chi connectivity index (χ1n) is 12.2. The number of hydrogen-bond acceptors (Lipinski definition) is 4. The maximum Gasteiger partial charge on any atom is 0.192 e. The quantitative estimate of drug-likeness (QED) is 0.103. The van der Waals surface area contributed by atoms with Crippen molar-refractivity contribution in [1.29, 1.82) is 0 Å². The Hall–Kier alpha value is -0.983. The largest absolute Gasteiger partial charge is 0.414 e. The van der Waals surface area contributed by atoms with Crippen LogP contribution >= 0.6 is 0 Å². The lowest BCUT2D eigenvalue weighted by Crippen LogP contribution is -2.46. The maximum absolute atomic E-state index is 6.89. The molecule has 1 aromatic rings. The lowest BCUT2D eigenvalue weighted by molar-refractivity contribution is -0.141. The summed E-state index contributed by atoms with van der Waals surface area (Å²) in [4.78, 5) is 0. The van der Waals surface area contributed by atoms with Crippen LogP contribution in [0.15, 0.2) is 43.0 Å². The standard InChI is InChI=1S/C27H48O4Si/c1-9-11-13-19-24(31-32(7,8)27(3,4)5)20-26(30-22-28-6)25(16-10-2)29-21-23-17-14-12-15-18-23/h10,12,14-15,17-18,24-26H,2,9,11,13,16,19-22H2,1,3-8H3/t24-,25+,26+/m1/s1. The van der Waals surface area contributed by atoms with Crippen LogP contribution in [0.3, 0.4) is 0 Å². The predicted octanol–water partition coefficient (Wildman–Crippen LogP) is 7.50. The molecule has 0 aliphatic carbocycles. The smallest absolute Gasteiger partial charge is 0.192 e. The summed E-state index contributed by atoms with van der Waals surface area (Å²) in [7, 11) is -0.236. The third-order valence-electron chi connectivity index (χ3n) is 6.41. The number of ether oxygens (including phenoxy) is 3. The van der Waals surface area contributed by atoms with E-state index in [1.807, 2.05) is 24.3 Å². The molecule has 0 saturated carbocycles. The summed E-state index contributed by atoms with van der Waals surface area (Å²) in [5.74, 6) is 0. The second-order valence-corrected chi connectivity index (χ2v) is 15.0. The van der Waals surface area contributed by atoms with E-state index >= 15 is 0 Å². The molecule has 0 aliphatic heterocycles. The Kier molecular flexibility index (Phi) is 13.6. The first kappa shape index (κ1) is 29.0. The van der Waals surface area contributed by atoms with Gasteiger partial charge in [-0.3, -0.25) is 0 Å². The Morgan fingerprint density at radius 2 is 1.72 bits per heavy atom. The SMILES string of the molecule is C=CC[C@H](OCc1ccccc1)[C@H](C[C@@H](CCCCC)O[Si](C)(C)C(C)(C)C)OCOC. The van der Waals surface area contributed by atoms with Gasteiger partial charge in [0.05, 0.1) is 18.8 Å². The fourth-order valence-corrected chi connectivity index (χ4v) is 4.85. The highest BCUT2D eigenvalue weighted by atomic mass is 28.4. The minimum atomic E-state index is -1.90. The Balaban J connectivity index is 3.00. The summed E-state index contributed by atoms with van der Waals surface area (Å²) in [5.41, 5.74) is 1.16. The average molecular weight is 465 g/mol. The molecular weight excluding hydrogens is 416 g/mol. The van der Waals surface area contributed by atoms with Crippen molar-refractivity contribution in [2.75, 3.05) is 13.9 Å². The van der Waals surface area contributed by atoms with Gasteiger partial charge in [0, 0.05) is 19.6 Å². The van der Waals surface area contributed by atoms with Crippen LogP contribution in [-0.4, -0.2) is 40.5 Å². The van der Waals surface area contributed by atoms with Gasteiger partial charge in [0.15, 0.2) is 8.32 Å². The molecule has 0 amide bonds. The van der Waals surface area contributed by atoms with Crippen LogP contribution in [0.25, 0.3) is 0 Å². The van der Waals surface area contributed by atoms with E-state index < -0.39 is 8.32 Å². The molecule has 0 aliphatic rings. The van der Waals surface area contributed by atoms with Gasteiger partial charge in [0.25, 0.3) is 0 Å². The second kappa shape index (κ2) is 15.0. The van der Waals surface area contributed by atoms with Gasteiger partial charge in [0.2, 0.25) is 0 Å². The minimum absolute atomic E-state index is 0.0976. The molecular formula is C27H48O4Si. The van der Waals surface area contributed by atoms with E-state index in [9.17, 15) is 0 Å². The van der Waals surface area contributed by atoms with Crippen molar-refractivity contribution >= 4 is 8.32 Å². The lowest BCUT2D eigenvalue weighted by Gasteiger charge is -2.40. The Bertz CT molecular complexity index is 612. The number of benzene rings is 1. The minimum Gasteiger partial charge on any atom is -0.414 e. The molecule has 32 heavy (non-hydrogen) atoms. The van der Waals surface area contributed by atoms with Crippen molar-refractivity contribution in [3.05, 3.63) is 48.6 Å². The lowest BCUT2D eigenvalue weighted by atomic mass is 10.00. The molecule has 0 aromatic heterocycles. The van der Waals surface area contributed by atoms with Gasteiger partial charge in [-0.2, -0.15) is 0 Å². The highest BCUT2D eigenvalue weighted by Crippen LogP contribution is 2.38. The molecule has 1 aromatic carbocycles. The van der Waals surface area contributed by atoms with Crippen molar-refractivity contribution in [3.8, 4) is 0 Å². The van der Waals surface area contributed by atoms with Gasteiger partial charge < -0.3 is 18.6 Å².